The van der Waals surface area contributed by atoms with Crippen molar-refractivity contribution in [2.45, 2.75) is 19.4 Å². The van der Waals surface area contributed by atoms with E-state index in [4.69, 9.17) is 5.73 Å². The van der Waals surface area contributed by atoms with E-state index in [9.17, 15) is 0 Å². The second kappa shape index (κ2) is 5.45. The number of nitrogen functional groups attached to an aromatic ring is 1. The number of benzene rings is 1. The number of hydrogen-bond acceptors (Lipinski definition) is 2. The predicted molar refractivity (Wildman–Crippen MR) is 63.0 cm³/mol. The SMILES string of the molecule is CN[C@@H](C)C/C=C/c1cccc(N)c1. The lowest BCUT2D eigenvalue weighted by atomic mass is 10.1. The molecule has 0 aliphatic heterocycles. The largest absolute Gasteiger partial charge is 0.399 e. The third kappa shape index (κ3) is 3.62. The minimum absolute atomic E-state index is 0.521. The fraction of sp³-hybridized carbons (Fsp3) is 0.333. The summed E-state index contributed by atoms with van der Waals surface area (Å²) in [5.74, 6) is 0. The standard InChI is InChI=1S/C12H18N2/c1-10(14-2)5-3-6-11-7-4-8-12(13)9-11/h3-4,6-10,14H,5,13H2,1-2H3/b6-3+/t10-/m0/s1. The molecule has 0 aliphatic rings. The van der Waals surface area contributed by atoms with Crippen LogP contribution in [0, 0.1) is 0 Å². The third-order valence-electron chi connectivity index (χ3n) is 2.20. The van der Waals surface area contributed by atoms with Crippen molar-refractivity contribution < 1.29 is 0 Å². The van der Waals surface area contributed by atoms with Gasteiger partial charge in [-0.1, -0.05) is 24.3 Å². The Labute approximate surface area is 85.8 Å². The molecule has 14 heavy (non-hydrogen) atoms. The summed E-state index contributed by atoms with van der Waals surface area (Å²) in [5, 5.41) is 3.19. The average Bonchev–Trinajstić information content (AvgIpc) is 2.17. The maximum atomic E-state index is 5.67. The minimum atomic E-state index is 0.521. The van der Waals surface area contributed by atoms with Crippen LogP contribution in [-0.4, -0.2) is 13.1 Å². The van der Waals surface area contributed by atoms with Crippen molar-refractivity contribution in [3.8, 4) is 0 Å². The molecule has 76 valence electrons. The quantitative estimate of drug-likeness (QED) is 0.715. The van der Waals surface area contributed by atoms with Crippen LogP contribution < -0.4 is 11.1 Å². The van der Waals surface area contributed by atoms with Crippen molar-refractivity contribution in [1.29, 1.82) is 0 Å². The molecule has 0 bridgehead atoms. The minimum Gasteiger partial charge on any atom is -0.399 e. The molecule has 1 atom stereocenters. The van der Waals surface area contributed by atoms with Gasteiger partial charge in [-0.15, -0.1) is 0 Å². The Balaban J connectivity index is 2.51. The number of nitrogens with one attached hydrogen (secondary N) is 1. The maximum absolute atomic E-state index is 5.67. The van der Waals surface area contributed by atoms with Crippen LogP contribution in [0.15, 0.2) is 30.3 Å². The molecule has 0 unspecified atom stereocenters. The molecule has 0 amide bonds. The van der Waals surface area contributed by atoms with Gasteiger partial charge >= 0.3 is 0 Å². The molecule has 0 spiro atoms. The Morgan fingerprint density at radius 2 is 2.29 bits per heavy atom. The zero-order valence-corrected chi connectivity index (χ0v) is 8.83. The molecule has 0 heterocycles. The van der Waals surface area contributed by atoms with Gasteiger partial charge in [0.15, 0.2) is 0 Å². The van der Waals surface area contributed by atoms with E-state index in [0.29, 0.717) is 6.04 Å². The number of rotatable bonds is 4. The highest BCUT2D eigenvalue weighted by atomic mass is 14.8. The molecule has 0 aromatic heterocycles. The van der Waals surface area contributed by atoms with Crippen molar-refractivity contribution in [3.63, 3.8) is 0 Å². The smallest absolute Gasteiger partial charge is 0.0319 e. The van der Waals surface area contributed by atoms with Crippen molar-refractivity contribution in [2.75, 3.05) is 12.8 Å². The summed E-state index contributed by atoms with van der Waals surface area (Å²) in [7, 11) is 1.97. The third-order valence-corrected chi connectivity index (χ3v) is 2.20. The van der Waals surface area contributed by atoms with Crippen LogP contribution in [0.25, 0.3) is 6.08 Å². The molecule has 0 aliphatic carbocycles. The first-order chi connectivity index (χ1) is 6.72. The first-order valence-corrected chi connectivity index (χ1v) is 4.91. The normalized spacial score (nSPS) is 13.3. The molecule has 1 aromatic carbocycles. The molecular formula is C12H18N2. The number of anilines is 1. The average molecular weight is 190 g/mol. The highest BCUT2D eigenvalue weighted by Crippen LogP contribution is 2.08. The van der Waals surface area contributed by atoms with Crippen LogP contribution in [0.4, 0.5) is 5.69 Å². The first kappa shape index (κ1) is 10.8. The van der Waals surface area contributed by atoms with E-state index < -0.39 is 0 Å². The second-order valence-electron chi connectivity index (χ2n) is 3.50. The molecular weight excluding hydrogens is 172 g/mol. The molecule has 3 N–H and O–H groups in total. The highest BCUT2D eigenvalue weighted by molar-refractivity contribution is 5.55. The number of hydrogen-bond donors (Lipinski definition) is 2. The van der Waals surface area contributed by atoms with Gasteiger partial charge in [-0.25, -0.2) is 0 Å². The second-order valence-corrected chi connectivity index (χ2v) is 3.50. The summed E-state index contributed by atoms with van der Waals surface area (Å²) in [5.41, 5.74) is 7.64. The van der Waals surface area contributed by atoms with Gasteiger partial charge in [-0.05, 0) is 38.1 Å². The van der Waals surface area contributed by atoms with E-state index in [0.717, 1.165) is 17.7 Å². The lowest BCUT2D eigenvalue weighted by Gasteiger charge is -2.04. The summed E-state index contributed by atoms with van der Waals surface area (Å²) in [6.45, 7) is 2.16. The van der Waals surface area contributed by atoms with E-state index in [2.05, 4.69) is 30.5 Å². The van der Waals surface area contributed by atoms with Gasteiger partial charge in [-0.3, -0.25) is 0 Å². The van der Waals surface area contributed by atoms with Crippen molar-refractivity contribution >= 4 is 11.8 Å². The molecule has 2 heteroatoms. The van der Waals surface area contributed by atoms with Crippen molar-refractivity contribution in [3.05, 3.63) is 35.9 Å². The summed E-state index contributed by atoms with van der Waals surface area (Å²) >= 11 is 0. The maximum Gasteiger partial charge on any atom is 0.0319 e. The summed E-state index contributed by atoms with van der Waals surface area (Å²) in [4.78, 5) is 0. The van der Waals surface area contributed by atoms with E-state index in [1.54, 1.807) is 0 Å². The van der Waals surface area contributed by atoms with E-state index >= 15 is 0 Å². The summed E-state index contributed by atoms with van der Waals surface area (Å²) in [6, 6.07) is 8.41. The Morgan fingerprint density at radius 1 is 1.50 bits per heavy atom. The van der Waals surface area contributed by atoms with Gasteiger partial charge in [0, 0.05) is 11.7 Å². The number of nitrogens with two attached hydrogens (primary N) is 1. The van der Waals surface area contributed by atoms with Gasteiger partial charge < -0.3 is 11.1 Å². The lowest BCUT2D eigenvalue weighted by molar-refractivity contribution is 0.621. The van der Waals surface area contributed by atoms with E-state index in [1.165, 1.54) is 0 Å². The zero-order chi connectivity index (χ0) is 10.4. The molecule has 0 saturated carbocycles. The molecule has 2 nitrogen and oxygen atoms in total. The summed E-state index contributed by atoms with van der Waals surface area (Å²) in [6.07, 6.45) is 5.30. The van der Waals surface area contributed by atoms with Crippen LogP contribution in [0.3, 0.4) is 0 Å². The predicted octanol–water partition coefficient (Wildman–Crippen LogP) is 2.28. The monoisotopic (exact) mass is 190 g/mol. The van der Waals surface area contributed by atoms with Crippen LogP contribution in [-0.2, 0) is 0 Å². The van der Waals surface area contributed by atoms with Gasteiger partial charge in [-0.2, -0.15) is 0 Å². The zero-order valence-electron chi connectivity index (χ0n) is 8.83. The molecule has 0 radical (unpaired) electrons. The highest BCUT2D eigenvalue weighted by Gasteiger charge is 1.92. The Kier molecular flexibility index (Phi) is 4.20. The molecule has 0 saturated heterocycles. The van der Waals surface area contributed by atoms with Crippen molar-refractivity contribution in [1.82, 2.24) is 5.32 Å². The first-order valence-electron chi connectivity index (χ1n) is 4.91. The van der Waals surface area contributed by atoms with Gasteiger partial charge in [0.1, 0.15) is 0 Å². The van der Waals surface area contributed by atoms with Gasteiger partial charge in [0.05, 0.1) is 0 Å². The fourth-order valence-corrected chi connectivity index (χ4v) is 1.19. The fourth-order valence-electron chi connectivity index (χ4n) is 1.19. The molecule has 1 rings (SSSR count). The Morgan fingerprint density at radius 3 is 2.93 bits per heavy atom. The van der Waals surface area contributed by atoms with Gasteiger partial charge in [0.25, 0.3) is 0 Å². The molecule has 0 fully saturated rings. The Hall–Kier alpha value is -1.28. The topological polar surface area (TPSA) is 38.0 Å². The molecule has 1 aromatic rings. The van der Waals surface area contributed by atoms with Crippen LogP contribution in [0.5, 0.6) is 0 Å². The summed E-state index contributed by atoms with van der Waals surface area (Å²) < 4.78 is 0. The van der Waals surface area contributed by atoms with Crippen LogP contribution in [0.1, 0.15) is 18.9 Å². The van der Waals surface area contributed by atoms with E-state index in [-0.39, 0.29) is 0 Å². The van der Waals surface area contributed by atoms with Crippen LogP contribution >= 0.6 is 0 Å². The van der Waals surface area contributed by atoms with Crippen LogP contribution in [0.2, 0.25) is 0 Å². The lowest BCUT2D eigenvalue weighted by Crippen LogP contribution is -2.19. The Bertz CT molecular complexity index is 305. The van der Waals surface area contributed by atoms with Crippen molar-refractivity contribution in [2.24, 2.45) is 0 Å². The van der Waals surface area contributed by atoms with E-state index in [1.807, 2.05) is 25.2 Å². The van der Waals surface area contributed by atoms with Gasteiger partial charge in [0.2, 0.25) is 0 Å².